The molecule has 0 unspecified atom stereocenters. The number of nitrogens with zero attached hydrogens (tertiary/aromatic N) is 2. The summed E-state index contributed by atoms with van der Waals surface area (Å²) in [7, 11) is 0. The zero-order valence-electron chi connectivity index (χ0n) is 23.0. The number of carbonyl (C=O) groups is 4. The zero-order valence-corrected chi connectivity index (χ0v) is 23.0. The van der Waals surface area contributed by atoms with Crippen molar-refractivity contribution >= 4 is 23.6 Å². The third kappa shape index (κ3) is 17.0. The Labute approximate surface area is 212 Å². The summed E-state index contributed by atoms with van der Waals surface area (Å²) in [5.74, 6) is -0.120. The molecule has 0 aromatic heterocycles. The van der Waals surface area contributed by atoms with Crippen LogP contribution in [-0.4, -0.2) is 98.9 Å². The zero-order chi connectivity index (χ0) is 26.8. The van der Waals surface area contributed by atoms with Crippen LogP contribution in [0.25, 0.3) is 0 Å². The molecule has 0 aliphatic rings. The SMILES string of the molecule is CCC(=O)NCCN(CCNC(=O)C(C)C)CCN(CCNC(=O)C(C)C)CCNC(=O)C(C)C. The number of carbonyl (C=O) groups excluding carboxylic acids is 4. The molecular formula is C25H50N6O4. The number of rotatable bonds is 19. The van der Waals surface area contributed by atoms with E-state index < -0.39 is 0 Å². The summed E-state index contributed by atoms with van der Waals surface area (Å²) < 4.78 is 0. The van der Waals surface area contributed by atoms with E-state index in [-0.39, 0.29) is 41.4 Å². The van der Waals surface area contributed by atoms with Crippen molar-refractivity contribution in [1.29, 1.82) is 0 Å². The third-order valence-electron chi connectivity index (χ3n) is 5.56. The summed E-state index contributed by atoms with van der Waals surface area (Å²) >= 11 is 0. The highest BCUT2D eigenvalue weighted by Gasteiger charge is 2.14. The molecule has 0 fully saturated rings. The predicted molar refractivity (Wildman–Crippen MR) is 140 cm³/mol. The second-order valence-electron chi connectivity index (χ2n) is 9.72. The average Bonchev–Trinajstić information content (AvgIpc) is 2.80. The van der Waals surface area contributed by atoms with Crippen LogP contribution in [0, 0.1) is 17.8 Å². The molecule has 0 saturated carbocycles. The van der Waals surface area contributed by atoms with Gasteiger partial charge in [-0.3, -0.25) is 29.0 Å². The Hall–Kier alpha value is -2.20. The number of amides is 4. The van der Waals surface area contributed by atoms with Crippen molar-refractivity contribution in [2.24, 2.45) is 17.8 Å². The summed E-state index contributed by atoms with van der Waals surface area (Å²) in [4.78, 5) is 51.8. The Morgan fingerprint density at radius 2 is 0.800 bits per heavy atom. The smallest absolute Gasteiger partial charge is 0.222 e. The van der Waals surface area contributed by atoms with Gasteiger partial charge in [0.1, 0.15) is 0 Å². The molecule has 0 atom stereocenters. The van der Waals surface area contributed by atoms with E-state index in [1.54, 1.807) is 0 Å². The van der Waals surface area contributed by atoms with Crippen LogP contribution in [0.4, 0.5) is 0 Å². The first-order valence-electron chi connectivity index (χ1n) is 13.0. The van der Waals surface area contributed by atoms with Crippen LogP contribution in [0.5, 0.6) is 0 Å². The van der Waals surface area contributed by atoms with Crippen LogP contribution in [0.2, 0.25) is 0 Å². The summed E-state index contributed by atoms with van der Waals surface area (Å²) in [5, 5.41) is 11.8. The molecule has 10 nitrogen and oxygen atoms in total. The monoisotopic (exact) mass is 498 g/mol. The minimum Gasteiger partial charge on any atom is -0.355 e. The Balaban J connectivity index is 4.94. The van der Waals surface area contributed by atoms with Crippen LogP contribution in [0.3, 0.4) is 0 Å². The second kappa shape index (κ2) is 19.0. The van der Waals surface area contributed by atoms with Crippen LogP contribution in [-0.2, 0) is 19.2 Å². The van der Waals surface area contributed by atoms with Gasteiger partial charge < -0.3 is 21.3 Å². The molecular weight excluding hydrogens is 448 g/mol. The highest BCUT2D eigenvalue weighted by atomic mass is 16.2. The minimum atomic E-state index is -0.0661. The van der Waals surface area contributed by atoms with Crippen molar-refractivity contribution in [3.8, 4) is 0 Å². The molecule has 0 bridgehead atoms. The number of hydrogen-bond donors (Lipinski definition) is 4. The second-order valence-corrected chi connectivity index (χ2v) is 9.72. The van der Waals surface area contributed by atoms with E-state index in [2.05, 4.69) is 31.1 Å². The van der Waals surface area contributed by atoms with E-state index in [0.29, 0.717) is 58.8 Å². The molecule has 10 heteroatoms. The Morgan fingerprint density at radius 3 is 1.06 bits per heavy atom. The summed E-state index contributed by atoms with van der Waals surface area (Å²) in [6.07, 6.45) is 0.447. The standard InChI is InChI=1S/C25H50N6O4/c1-8-22(32)26-9-13-30(14-10-27-23(33)19(2)3)17-18-31(15-11-28-24(34)20(4)5)16-12-29-25(35)21(6)7/h19-21H,8-18H2,1-7H3,(H,26,32)(H,27,33)(H,28,34)(H,29,35). The van der Waals surface area contributed by atoms with E-state index >= 15 is 0 Å². The molecule has 4 N–H and O–H groups in total. The van der Waals surface area contributed by atoms with Crippen molar-refractivity contribution in [1.82, 2.24) is 31.1 Å². The lowest BCUT2D eigenvalue weighted by atomic mass is 10.2. The van der Waals surface area contributed by atoms with E-state index in [4.69, 9.17) is 0 Å². The van der Waals surface area contributed by atoms with E-state index in [0.717, 1.165) is 13.1 Å². The fourth-order valence-electron chi connectivity index (χ4n) is 3.06. The molecule has 0 spiro atoms. The van der Waals surface area contributed by atoms with Gasteiger partial charge in [0.25, 0.3) is 0 Å². The normalized spacial score (nSPS) is 11.4. The maximum absolute atomic E-state index is 11.9. The largest absolute Gasteiger partial charge is 0.355 e. The molecule has 0 aromatic rings. The van der Waals surface area contributed by atoms with Gasteiger partial charge in [0.15, 0.2) is 0 Å². The highest BCUT2D eigenvalue weighted by molar-refractivity contribution is 5.78. The van der Waals surface area contributed by atoms with Gasteiger partial charge in [0.2, 0.25) is 23.6 Å². The van der Waals surface area contributed by atoms with Gasteiger partial charge in [-0.15, -0.1) is 0 Å². The first-order chi connectivity index (χ1) is 16.5. The van der Waals surface area contributed by atoms with Crippen molar-refractivity contribution < 1.29 is 19.2 Å². The number of nitrogens with one attached hydrogen (secondary N) is 4. The Bertz CT molecular complexity index is 613. The summed E-state index contributed by atoms with van der Waals surface area (Å²) in [5.41, 5.74) is 0. The van der Waals surface area contributed by atoms with Crippen molar-refractivity contribution in [2.45, 2.75) is 54.9 Å². The van der Waals surface area contributed by atoms with E-state index in [1.165, 1.54) is 0 Å². The topological polar surface area (TPSA) is 123 Å². The molecule has 204 valence electrons. The molecule has 0 aromatic carbocycles. The molecule has 35 heavy (non-hydrogen) atoms. The molecule has 0 radical (unpaired) electrons. The van der Waals surface area contributed by atoms with Gasteiger partial charge in [0.05, 0.1) is 0 Å². The lowest BCUT2D eigenvalue weighted by Gasteiger charge is -2.28. The first kappa shape index (κ1) is 32.8. The third-order valence-corrected chi connectivity index (χ3v) is 5.56. The fraction of sp³-hybridized carbons (Fsp3) is 0.840. The van der Waals surface area contributed by atoms with Gasteiger partial charge in [-0.25, -0.2) is 0 Å². The lowest BCUT2D eigenvalue weighted by Crippen LogP contribution is -2.46. The lowest BCUT2D eigenvalue weighted by molar-refractivity contribution is -0.124. The minimum absolute atomic E-state index is 0.0153. The van der Waals surface area contributed by atoms with Gasteiger partial charge in [-0.1, -0.05) is 48.5 Å². The molecule has 0 rings (SSSR count). The molecule has 0 aliphatic heterocycles. The fourth-order valence-corrected chi connectivity index (χ4v) is 3.06. The maximum atomic E-state index is 11.9. The van der Waals surface area contributed by atoms with Crippen molar-refractivity contribution in [2.75, 3.05) is 65.4 Å². The van der Waals surface area contributed by atoms with Gasteiger partial charge in [0, 0.05) is 89.6 Å². The Morgan fingerprint density at radius 1 is 0.514 bits per heavy atom. The quantitative estimate of drug-likeness (QED) is 0.205. The molecule has 4 amide bonds. The van der Waals surface area contributed by atoms with Gasteiger partial charge in [-0.05, 0) is 0 Å². The molecule has 0 heterocycles. The van der Waals surface area contributed by atoms with Crippen molar-refractivity contribution in [3.63, 3.8) is 0 Å². The molecule has 0 saturated heterocycles. The van der Waals surface area contributed by atoms with Gasteiger partial charge in [-0.2, -0.15) is 0 Å². The highest BCUT2D eigenvalue weighted by Crippen LogP contribution is 1.96. The van der Waals surface area contributed by atoms with E-state index in [9.17, 15) is 19.2 Å². The van der Waals surface area contributed by atoms with E-state index in [1.807, 2.05) is 48.5 Å². The Kier molecular flexibility index (Phi) is 17.8. The van der Waals surface area contributed by atoms with Crippen LogP contribution in [0.1, 0.15) is 54.9 Å². The maximum Gasteiger partial charge on any atom is 0.222 e. The van der Waals surface area contributed by atoms with Gasteiger partial charge >= 0.3 is 0 Å². The average molecular weight is 499 g/mol. The summed E-state index contributed by atoms with van der Waals surface area (Å²) in [6, 6.07) is 0. The summed E-state index contributed by atoms with van der Waals surface area (Å²) in [6.45, 7) is 19.3. The van der Waals surface area contributed by atoms with Crippen LogP contribution in [0.15, 0.2) is 0 Å². The van der Waals surface area contributed by atoms with Crippen LogP contribution < -0.4 is 21.3 Å². The van der Waals surface area contributed by atoms with Crippen LogP contribution >= 0.6 is 0 Å². The van der Waals surface area contributed by atoms with Crippen molar-refractivity contribution in [3.05, 3.63) is 0 Å². The first-order valence-corrected chi connectivity index (χ1v) is 13.0. The number of hydrogen-bond acceptors (Lipinski definition) is 6. The predicted octanol–water partition coefficient (Wildman–Crippen LogP) is 0.433. The molecule has 0 aliphatic carbocycles.